The highest BCUT2D eigenvalue weighted by Crippen LogP contribution is 2.18. The molecule has 2 atom stereocenters. The summed E-state index contributed by atoms with van der Waals surface area (Å²) in [5, 5.41) is 0. The molecule has 0 aromatic rings. The lowest BCUT2D eigenvalue weighted by Crippen LogP contribution is -2.30. The maximum absolute atomic E-state index is 5.77. The lowest BCUT2D eigenvalue weighted by atomic mass is 10.0. The second-order valence-corrected chi connectivity index (χ2v) is 7.07. The van der Waals surface area contributed by atoms with Gasteiger partial charge in [-0.2, -0.15) is 0 Å². The van der Waals surface area contributed by atoms with Crippen molar-refractivity contribution in [2.45, 2.75) is 123 Å². The molecule has 0 spiro atoms. The van der Waals surface area contributed by atoms with Gasteiger partial charge in [0.05, 0.1) is 12.7 Å². The first-order valence-corrected chi connectivity index (χ1v) is 10.1. The van der Waals surface area contributed by atoms with E-state index in [0.717, 1.165) is 19.4 Å². The summed E-state index contributed by atoms with van der Waals surface area (Å²) < 4.78 is 11.4. The molecule has 2 unspecified atom stereocenters. The van der Waals surface area contributed by atoms with Crippen LogP contribution in [0.5, 0.6) is 0 Å². The standard InChI is InChI=1S/C20H40O2/c1-3-4-5-6-7-8-9-10-11-12-13-14-15-16-20-21-18-17-19(2)22-20/h19-20H,3-18H2,1-2H3. The lowest BCUT2D eigenvalue weighted by Gasteiger charge is -2.28. The molecule has 1 heterocycles. The molecule has 2 heteroatoms. The molecule has 1 aliphatic heterocycles. The molecule has 0 radical (unpaired) electrons. The van der Waals surface area contributed by atoms with Crippen LogP contribution in [0.4, 0.5) is 0 Å². The molecule has 0 N–H and O–H groups in total. The van der Waals surface area contributed by atoms with Crippen LogP contribution in [0, 0.1) is 0 Å². The van der Waals surface area contributed by atoms with Crippen molar-refractivity contribution >= 4 is 0 Å². The minimum absolute atomic E-state index is 0.0801. The summed E-state index contributed by atoms with van der Waals surface area (Å²) in [6.45, 7) is 5.32. The Morgan fingerprint density at radius 2 is 1.23 bits per heavy atom. The molecule has 1 saturated heterocycles. The average molecular weight is 313 g/mol. The van der Waals surface area contributed by atoms with E-state index in [-0.39, 0.29) is 6.29 Å². The summed E-state index contributed by atoms with van der Waals surface area (Å²) in [5.74, 6) is 0. The van der Waals surface area contributed by atoms with Crippen molar-refractivity contribution in [3.05, 3.63) is 0 Å². The Kier molecular flexibility index (Phi) is 13.2. The molecule has 0 bridgehead atoms. The Morgan fingerprint density at radius 3 is 1.73 bits per heavy atom. The number of hydrogen-bond acceptors (Lipinski definition) is 2. The fourth-order valence-electron chi connectivity index (χ4n) is 3.21. The summed E-state index contributed by atoms with van der Waals surface area (Å²) in [6, 6.07) is 0. The van der Waals surface area contributed by atoms with Crippen LogP contribution < -0.4 is 0 Å². The highest BCUT2D eigenvalue weighted by Gasteiger charge is 2.18. The van der Waals surface area contributed by atoms with Crippen molar-refractivity contribution in [3.8, 4) is 0 Å². The first-order chi connectivity index (χ1) is 10.8. The molecule has 1 aliphatic rings. The third-order valence-corrected chi connectivity index (χ3v) is 4.76. The Labute approximate surface area is 139 Å². The van der Waals surface area contributed by atoms with E-state index in [9.17, 15) is 0 Å². The Balaban J connectivity index is 1.73. The first kappa shape index (κ1) is 20.0. The third-order valence-electron chi connectivity index (χ3n) is 4.76. The number of rotatable bonds is 14. The average Bonchev–Trinajstić information content (AvgIpc) is 2.52. The van der Waals surface area contributed by atoms with E-state index in [0.29, 0.717) is 6.10 Å². The zero-order valence-corrected chi connectivity index (χ0v) is 15.3. The van der Waals surface area contributed by atoms with E-state index in [1.807, 2.05) is 0 Å². The van der Waals surface area contributed by atoms with Gasteiger partial charge in [-0.1, -0.05) is 84.0 Å². The quantitative estimate of drug-likeness (QED) is 0.336. The van der Waals surface area contributed by atoms with Crippen LogP contribution in [-0.4, -0.2) is 19.0 Å². The van der Waals surface area contributed by atoms with Gasteiger partial charge in [0.15, 0.2) is 6.29 Å². The monoisotopic (exact) mass is 312 g/mol. The minimum Gasteiger partial charge on any atom is -0.353 e. The molecule has 0 aromatic carbocycles. The van der Waals surface area contributed by atoms with Gasteiger partial charge in [0.1, 0.15) is 0 Å². The highest BCUT2D eigenvalue weighted by molar-refractivity contribution is 4.59. The molecule has 1 fully saturated rings. The van der Waals surface area contributed by atoms with Crippen LogP contribution in [0.15, 0.2) is 0 Å². The van der Waals surface area contributed by atoms with Crippen molar-refractivity contribution in [3.63, 3.8) is 0 Å². The fraction of sp³-hybridized carbons (Fsp3) is 1.00. The molecule has 1 rings (SSSR count). The van der Waals surface area contributed by atoms with E-state index >= 15 is 0 Å². The zero-order valence-electron chi connectivity index (χ0n) is 15.3. The third kappa shape index (κ3) is 11.5. The summed E-state index contributed by atoms with van der Waals surface area (Å²) in [6.07, 6.45) is 20.9. The SMILES string of the molecule is CCCCCCCCCCCCCCCC1OCCC(C)O1. The van der Waals surface area contributed by atoms with E-state index in [1.54, 1.807) is 0 Å². The predicted octanol–water partition coefficient (Wildman–Crippen LogP) is 6.62. The molecular weight excluding hydrogens is 272 g/mol. The first-order valence-electron chi connectivity index (χ1n) is 10.1. The number of ether oxygens (including phenoxy) is 2. The van der Waals surface area contributed by atoms with E-state index in [1.165, 1.54) is 83.5 Å². The lowest BCUT2D eigenvalue weighted by molar-refractivity contribution is -0.210. The van der Waals surface area contributed by atoms with Crippen molar-refractivity contribution < 1.29 is 9.47 Å². The number of unbranched alkanes of at least 4 members (excludes halogenated alkanes) is 12. The highest BCUT2D eigenvalue weighted by atomic mass is 16.7. The Morgan fingerprint density at radius 1 is 0.727 bits per heavy atom. The normalized spacial score (nSPS) is 22.1. The summed E-state index contributed by atoms with van der Waals surface area (Å²) in [4.78, 5) is 0. The summed E-state index contributed by atoms with van der Waals surface area (Å²) in [5.41, 5.74) is 0. The van der Waals surface area contributed by atoms with Gasteiger partial charge in [-0.05, 0) is 26.2 Å². The van der Waals surface area contributed by atoms with Crippen molar-refractivity contribution in [2.75, 3.05) is 6.61 Å². The maximum atomic E-state index is 5.77. The second-order valence-electron chi connectivity index (χ2n) is 7.07. The second kappa shape index (κ2) is 14.5. The number of hydrogen-bond donors (Lipinski definition) is 0. The van der Waals surface area contributed by atoms with Gasteiger partial charge in [0.2, 0.25) is 0 Å². The maximum Gasteiger partial charge on any atom is 0.157 e. The van der Waals surface area contributed by atoms with Gasteiger partial charge in [0, 0.05) is 0 Å². The Bertz CT molecular complexity index is 230. The molecule has 22 heavy (non-hydrogen) atoms. The van der Waals surface area contributed by atoms with Gasteiger partial charge in [-0.15, -0.1) is 0 Å². The van der Waals surface area contributed by atoms with E-state index < -0.39 is 0 Å². The largest absolute Gasteiger partial charge is 0.353 e. The van der Waals surface area contributed by atoms with E-state index in [2.05, 4.69) is 13.8 Å². The van der Waals surface area contributed by atoms with Crippen LogP contribution in [0.25, 0.3) is 0 Å². The molecule has 0 aliphatic carbocycles. The van der Waals surface area contributed by atoms with Crippen molar-refractivity contribution in [1.29, 1.82) is 0 Å². The minimum atomic E-state index is 0.0801. The fourth-order valence-corrected chi connectivity index (χ4v) is 3.21. The van der Waals surface area contributed by atoms with E-state index in [4.69, 9.17) is 9.47 Å². The molecule has 132 valence electrons. The Hall–Kier alpha value is -0.0800. The van der Waals surface area contributed by atoms with Crippen LogP contribution >= 0.6 is 0 Å². The van der Waals surface area contributed by atoms with Crippen LogP contribution in [0.1, 0.15) is 110 Å². The van der Waals surface area contributed by atoms with Gasteiger partial charge in [-0.3, -0.25) is 0 Å². The molecule has 0 saturated carbocycles. The zero-order chi connectivity index (χ0) is 15.9. The summed E-state index contributed by atoms with van der Waals surface area (Å²) >= 11 is 0. The van der Waals surface area contributed by atoms with Crippen molar-refractivity contribution in [1.82, 2.24) is 0 Å². The molecular formula is C20H40O2. The van der Waals surface area contributed by atoms with Crippen LogP contribution in [-0.2, 0) is 9.47 Å². The molecule has 0 aromatic heterocycles. The van der Waals surface area contributed by atoms with Crippen molar-refractivity contribution in [2.24, 2.45) is 0 Å². The van der Waals surface area contributed by atoms with Gasteiger partial charge in [0.25, 0.3) is 0 Å². The topological polar surface area (TPSA) is 18.5 Å². The summed E-state index contributed by atoms with van der Waals surface area (Å²) in [7, 11) is 0. The van der Waals surface area contributed by atoms with Gasteiger partial charge < -0.3 is 9.47 Å². The van der Waals surface area contributed by atoms with Gasteiger partial charge in [-0.25, -0.2) is 0 Å². The van der Waals surface area contributed by atoms with Crippen LogP contribution in [0.3, 0.4) is 0 Å². The molecule has 2 nitrogen and oxygen atoms in total. The van der Waals surface area contributed by atoms with Gasteiger partial charge >= 0.3 is 0 Å². The molecule has 0 amide bonds. The van der Waals surface area contributed by atoms with Crippen LogP contribution in [0.2, 0.25) is 0 Å². The predicted molar refractivity (Wildman–Crippen MR) is 95.2 cm³/mol. The smallest absolute Gasteiger partial charge is 0.157 e.